The maximum atomic E-state index is 10.9. The molecule has 1 aromatic rings. The van der Waals surface area contributed by atoms with E-state index in [1.54, 1.807) is 11.8 Å². The van der Waals surface area contributed by atoms with Crippen molar-refractivity contribution in [1.82, 2.24) is 0 Å². The van der Waals surface area contributed by atoms with Crippen molar-refractivity contribution < 1.29 is 15.0 Å². The fourth-order valence-corrected chi connectivity index (χ4v) is 1.61. The van der Waals surface area contributed by atoms with Gasteiger partial charge in [0.2, 0.25) is 0 Å². The molecule has 0 aromatic heterocycles. The highest BCUT2D eigenvalue weighted by Crippen LogP contribution is 2.21. The highest BCUT2D eigenvalue weighted by Gasteiger charge is 2.28. The molecule has 0 fully saturated rings. The summed E-state index contributed by atoms with van der Waals surface area (Å²) >= 11 is 0. The van der Waals surface area contributed by atoms with Gasteiger partial charge >= 0.3 is 5.97 Å². The molecule has 4 nitrogen and oxygen atoms in total. The van der Waals surface area contributed by atoms with Gasteiger partial charge in [0.05, 0.1) is 5.60 Å². The lowest BCUT2D eigenvalue weighted by atomic mass is 9.92. The molecule has 0 spiro atoms. The molecular formula is C14H21NO3. The van der Waals surface area contributed by atoms with Gasteiger partial charge in [-0.3, -0.25) is 4.79 Å². The van der Waals surface area contributed by atoms with Crippen LogP contribution in [0.25, 0.3) is 0 Å². The van der Waals surface area contributed by atoms with Gasteiger partial charge in [-0.2, -0.15) is 0 Å². The summed E-state index contributed by atoms with van der Waals surface area (Å²) in [6.07, 6.45) is 0. The molecule has 0 bridgehead atoms. The fourth-order valence-electron chi connectivity index (χ4n) is 1.61. The summed E-state index contributed by atoms with van der Waals surface area (Å²) in [7, 11) is 0. The Labute approximate surface area is 108 Å². The highest BCUT2D eigenvalue weighted by atomic mass is 16.4. The molecule has 2 N–H and O–H groups in total. The topological polar surface area (TPSA) is 60.8 Å². The molecule has 4 heteroatoms. The lowest BCUT2D eigenvalue weighted by molar-refractivity contribution is -0.135. The molecule has 0 radical (unpaired) electrons. The molecule has 1 aromatic carbocycles. The van der Waals surface area contributed by atoms with E-state index in [0.29, 0.717) is 6.54 Å². The second-order valence-electron chi connectivity index (χ2n) is 5.10. The van der Waals surface area contributed by atoms with Gasteiger partial charge in [0.15, 0.2) is 0 Å². The fraction of sp³-hybridized carbons (Fsp3) is 0.500. The minimum Gasteiger partial charge on any atom is -0.480 e. The molecule has 1 atom stereocenters. The molecule has 0 heterocycles. The van der Waals surface area contributed by atoms with Crippen molar-refractivity contribution in [3.63, 3.8) is 0 Å². The average molecular weight is 251 g/mol. The molecule has 0 aliphatic rings. The Morgan fingerprint density at radius 3 is 2.33 bits per heavy atom. The molecule has 0 saturated carbocycles. The van der Waals surface area contributed by atoms with Gasteiger partial charge in [-0.1, -0.05) is 32.0 Å². The summed E-state index contributed by atoms with van der Waals surface area (Å²) in [6, 6.07) is 9.28. The molecule has 1 rings (SSSR count). The summed E-state index contributed by atoms with van der Waals surface area (Å²) in [5, 5.41) is 19.3. The van der Waals surface area contributed by atoms with Crippen LogP contribution < -0.4 is 4.90 Å². The first-order valence-electron chi connectivity index (χ1n) is 6.07. The second kappa shape index (κ2) is 5.87. The lowest BCUT2D eigenvalue weighted by Crippen LogP contribution is -2.46. The third kappa shape index (κ3) is 4.04. The van der Waals surface area contributed by atoms with Crippen LogP contribution in [0.5, 0.6) is 0 Å². The van der Waals surface area contributed by atoms with Crippen molar-refractivity contribution in [2.24, 2.45) is 5.92 Å². The van der Waals surface area contributed by atoms with Crippen LogP contribution in [0.1, 0.15) is 20.8 Å². The zero-order valence-corrected chi connectivity index (χ0v) is 11.1. The molecule has 100 valence electrons. The van der Waals surface area contributed by atoms with Crippen LogP contribution >= 0.6 is 0 Å². The van der Waals surface area contributed by atoms with E-state index < -0.39 is 11.6 Å². The van der Waals surface area contributed by atoms with Gasteiger partial charge in [-0.05, 0) is 25.0 Å². The Hall–Kier alpha value is -1.55. The predicted molar refractivity (Wildman–Crippen MR) is 71.8 cm³/mol. The van der Waals surface area contributed by atoms with Crippen LogP contribution in [0, 0.1) is 5.92 Å². The first-order valence-corrected chi connectivity index (χ1v) is 6.07. The summed E-state index contributed by atoms with van der Waals surface area (Å²) in [6.45, 7) is 5.75. The minimum atomic E-state index is -0.925. The summed E-state index contributed by atoms with van der Waals surface area (Å²) in [5.74, 6) is -0.851. The van der Waals surface area contributed by atoms with E-state index in [4.69, 9.17) is 5.11 Å². The van der Waals surface area contributed by atoms with E-state index in [1.165, 1.54) is 0 Å². The largest absolute Gasteiger partial charge is 0.480 e. The smallest absolute Gasteiger partial charge is 0.323 e. The van der Waals surface area contributed by atoms with Crippen molar-refractivity contribution in [2.75, 3.05) is 18.0 Å². The van der Waals surface area contributed by atoms with Gasteiger partial charge in [0, 0.05) is 12.2 Å². The third-order valence-corrected chi connectivity index (χ3v) is 3.20. The SMILES string of the molecule is CC(C)C(C)(O)CN(CC(=O)O)c1ccccc1. The maximum Gasteiger partial charge on any atom is 0.323 e. The molecule has 0 aliphatic carbocycles. The van der Waals surface area contributed by atoms with E-state index in [2.05, 4.69) is 0 Å². The van der Waals surface area contributed by atoms with Crippen molar-refractivity contribution >= 4 is 11.7 Å². The van der Waals surface area contributed by atoms with Crippen LogP contribution in [0.2, 0.25) is 0 Å². The molecule has 0 saturated heterocycles. The average Bonchev–Trinajstić information content (AvgIpc) is 2.28. The number of carboxylic acids is 1. The lowest BCUT2D eigenvalue weighted by Gasteiger charge is -2.34. The standard InChI is InChI=1S/C14H21NO3/c1-11(2)14(3,18)10-15(9-13(16)17)12-7-5-4-6-8-12/h4-8,11,18H,9-10H2,1-3H3,(H,16,17). The Bertz CT molecular complexity index is 387. The van der Waals surface area contributed by atoms with Crippen molar-refractivity contribution in [2.45, 2.75) is 26.4 Å². The Balaban J connectivity index is 2.90. The van der Waals surface area contributed by atoms with Gasteiger partial charge in [-0.15, -0.1) is 0 Å². The molecule has 1 unspecified atom stereocenters. The van der Waals surface area contributed by atoms with E-state index in [0.717, 1.165) is 5.69 Å². The first-order chi connectivity index (χ1) is 8.33. The van der Waals surface area contributed by atoms with Crippen molar-refractivity contribution in [3.05, 3.63) is 30.3 Å². The maximum absolute atomic E-state index is 10.9. The predicted octanol–water partition coefficient (Wildman–Crippen LogP) is 1.98. The number of hydrogen-bond donors (Lipinski definition) is 2. The zero-order chi connectivity index (χ0) is 13.8. The van der Waals surface area contributed by atoms with Crippen LogP contribution in [0.15, 0.2) is 30.3 Å². The summed E-state index contributed by atoms with van der Waals surface area (Å²) in [4.78, 5) is 12.6. The number of carbonyl (C=O) groups is 1. The number of carboxylic acid groups (broad SMARTS) is 1. The summed E-state index contributed by atoms with van der Waals surface area (Å²) < 4.78 is 0. The van der Waals surface area contributed by atoms with Gasteiger partial charge < -0.3 is 15.1 Å². The molecule has 0 aliphatic heterocycles. The van der Waals surface area contributed by atoms with Gasteiger partial charge in [0.1, 0.15) is 6.54 Å². The second-order valence-corrected chi connectivity index (χ2v) is 5.10. The third-order valence-electron chi connectivity index (χ3n) is 3.20. The quantitative estimate of drug-likeness (QED) is 0.811. The number of hydrogen-bond acceptors (Lipinski definition) is 3. The Morgan fingerprint density at radius 1 is 1.33 bits per heavy atom. The van der Waals surface area contributed by atoms with Gasteiger partial charge in [-0.25, -0.2) is 0 Å². The number of anilines is 1. The molecule has 18 heavy (non-hydrogen) atoms. The zero-order valence-electron chi connectivity index (χ0n) is 11.1. The number of benzene rings is 1. The first kappa shape index (κ1) is 14.5. The monoisotopic (exact) mass is 251 g/mol. The van der Waals surface area contributed by atoms with Crippen LogP contribution in [0.4, 0.5) is 5.69 Å². The number of aliphatic hydroxyl groups is 1. The van der Waals surface area contributed by atoms with E-state index >= 15 is 0 Å². The highest BCUT2D eigenvalue weighted by molar-refractivity contribution is 5.73. The number of nitrogens with zero attached hydrogens (tertiary/aromatic N) is 1. The van der Waals surface area contributed by atoms with Crippen LogP contribution in [-0.4, -0.2) is 34.9 Å². The van der Waals surface area contributed by atoms with E-state index in [9.17, 15) is 9.90 Å². The number of aliphatic carboxylic acids is 1. The van der Waals surface area contributed by atoms with Crippen molar-refractivity contribution in [1.29, 1.82) is 0 Å². The van der Waals surface area contributed by atoms with Crippen LogP contribution in [-0.2, 0) is 4.79 Å². The van der Waals surface area contributed by atoms with Gasteiger partial charge in [0.25, 0.3) is 0 Å². The van der Waals surface area contributed by atoms with Crippen LogP contribution in [0.3, 0.4) is 0 Å². The van der Waals surface area contributed by atoms with E-state index in [-0.39, 0.29) is 12.5 Å². The van der Waals surface area contributed by atoms with E-state index in [1.807, 2.05) is 44.2 Å². The normalized spacial score (nSPS) is 14.3. The van der Waals surface area contributed by atoms with Crippen molar-refractivity contribution in [3.8, 4) is 0 Å². The minimum absolute atomic E-state index is 0.0532. The number of rotatable bonds is 6. The molecular weight excluding hydrogens is 230 g/mol. The Kier molecular flexibility index (Phi) is 4.73. The number of para-hydroxylation sites is 1. The summed E-state index contributed by atoms with van der Waals surface area (Å²) in [5.41, 5.74) is -0.119. The Morgan fingerprint density at radius 2 is 1.89 bits per heavy atom. The molecule has 0 amide bonds.